The molecule has 0 aliphatic carbocycles. The molecule has 88 valence electrons. The van der Waals surface area contributed by atoms with Gasteiger partial charge >= 0.3 is 15.8 Å². The number of hydrogen-bond donors (Lipinski definition) is 0. The molecule has 1 rings (SSSR count). The topological polar surface area (TPSA) is 95.7 Å². The van der Waals surface area contributed by atoms with Crippen LogP contribution >= 0.6 is 0 Å². The SMILES string of the molecule is COc1ccc([N+](=O)[O-])c(OS(C)(=O)=O)c1. The van der Waals surface area contributed by atoms with Gasteiger partial charge in [0.25, 0.3) is 0 Å². The number of hydrogen-bond acceptors (Lipinski definition) is 6. The van der Waals surface area contributed by atoms with Crippen molar-refractivity contribution in [1.29, 1.82) is 0 Å². The van der Waals surface area contributed by atoms with Crippen molar-refractivity contribution in [2.45, 2.75) is 0 Å². The Balaban J connectivity index is 3.26. The van der Waals surface area contributed by atoms with Crippen LogP contribution in [0.5, 0.6) is 11.5 Å². The minimum atomic E-state index is -3.82. The van der Waals surface area contributed by atoms with Gasteiger partial charge in [0.05, 0.1) is 18.3 Å². The van der Waals surface area contributed by atoms with E-state index in [2.05, 4.69) is 4.18 Å². The van der Waals surface area contributed by atoms with Gasteiger partial charge in [0.1, 0.15) is 5.75 Å². The van der Waals surface area contributed by atoms with Crippen molar-refractivity contribution < 1.29 is 22.3 Å². The second kappa shape index (κ2) is 4.35. The zero-order valence-corrected chi connectivity index (χ0v) is 9.35. The van der Waals surface area contributed by atoms with Gasteiger partial charge in [-0.1, -0.05) is 0 Å². The third-order valence-corrected chi connectivity index (χ3v) is 2.09. The van der Waals surface area contributed by atoms with Gasteiger partial charge in [-0.2, -0.15) is 8.42 Å². The number of nitro groups is 1. The highest BCUT2D eigenvalue weighted by Gasteiger charge is 2.19. The van der Waals surface area contributed by atoms with Gasteiger partial charge in [-0.15, -0.1) is 0 Å². The Labute approximate surface area is 91.9 Å². The highest BCUT2D eigenvalue weighted by atomic mass is 32.2. The molecule has 8 heteroatoms. The number of methoxy groups -OCH3 is 1. The molecular formula is C8H9NO6S. The molecule has 0 N–H and O–H groups in total. The van der Waals surface area contributed by atoms with Crippen LogP contribution < -0.4 is 8.92 Å². The maximum absolute atomic E-state index is 10.9. The molecule has 0 aromatic heterocycles. The van der Waals surface area contributed by atoms with Gasteiger partial charge in [-0.3, -0.25) is 10.1 Å². The first-order valence-corrected chi connectivity index (χ1v) is 5.87. The number of rotatable bonds is 4. The molecule has 0 saturated carbocycles. The molecule has 16 heavy (non-hydrogen) atoms. The summed E-state index contributed by atoms with van der Waals surface area (Å²) in [5.74, 6) is -0.101. The summed E-state index contributed by atoms with van der Waals surface area (Å²) >= 11 is 0. The van der Waals surface area contributed by atoms with E-state index in [1.807, 2.05) is 0 Å². The number of nitro benzene ring substituents is 1. The van der Waals surface area contributed by atoms with Gasteiger partial charge in [-0.25, -0.2) is 0 Å². The van der Waals surface area contributed by atoms with E-state index in [-0.39, 0.29) is 11.5 Å². The first kappa shape index (κ1) is 12.2. The predicted octanol–water partition coefficient (Wildman–Crippen LogP) is 0.942. The Morgan fingerprint density at radius 3 is 2.44 bits per heavy atom. The molecule has 0 atom stereocenters. The van der Waals surface area contributed by atoms with Gasteiger partial charge < -0.3 is 8.92 Å². The molecule has 0 radical (unpaired) electrons. The molecule has 0 aliphatic rings. The minimum absolute atomic E-state index is 0.268. The average molecular weight is 247 g/mol. The van der Waals surface area contributed by atoms with Crippen LogP contribution in [0.2, 0.25) is 0 Å². The maximum Gasteiger partial charge on any atom is 0.312 e. The van der Waals surface area contributed by atoms with E-state index >= 15 is 0 Å². The molecule has 0 amide bonds. The summed E-state index contributed by atoms with van der Waals surface area (Å²) in [6.07, 6.45) is 0.802. The van der Waals surface area contributed by atoms with Crippen LogP contribution in [0.25, 0.3) is 0 Å². The summed E-state index contributed by atoms with van der Waals surface area (Å²) in [5, 5.41) is 10.6. The second-order valence-electron chi connectivity index (χ2n) is 2.88. The number of benzene rings is 1. The molecule has 1 aromatic rings. The van der Waals surface area contributed by atoms with Gasteiger partial charge in [-0.05, 0) is 6.07 Å². The Kier molecular flexibility index (Phi) is 3.33. The van der Waals surface area contributed by atoms with Gasteiger partial charge in [0.2, 0.25) is 5.75 Å². The molecule has 0 heterocycles. The number of ether oxygens (including phenoxy) is 1. The smallest absolute Gasteiger partial charge is 0.312 e. The summed E-state index contributed by atoms with van der Waals surface area (Å²) in [7, 11) is -2.47. The molecule has 7 nitrogen and oxygen atoms in total. The lowest BCUT2D eigenvalue weighted by Gasteiger charge is -2.05. The van der Waals surface area contributed by atoms with E-state index in [1.165, 1.54) is 13.2 Å². The van der Waals surface area contributed by atoms with Crippen molar-refractivity contribution in [2.24, 2.45) is 0 Å². The number of nitrogens with zero attached hydrogens (tertiary/aromatic N) is 1. The van der Waals surface area contributed by atoms with Crippen molar-refractivity contribution in [3.63, 3.8) is 0 Å². The zero-order chi connectivity index (χ0) is 12.3. The highest BCUT2D eigenvalue weighted by Crippen LogP contribution is 2.31. The third kappa shape index (κ3) is 3.09. The predicted molar refractivity (Wildman–Crippen MR) is 55.1 cm³/mol. The standard InChI is InChI=1S/C8H9NO6S/c1-14-6-3-4-7(9(10)11)8(5-6)15-16(2,12)13/h3-5H,1-2H3. The van der Waals surface area contributed by atoms with Crippen LogP contribution in [-0.4, -0.2) is 26.7 Å². The van der Waals surface area contributed by atoms with Gasteiger partial charge in [0, 0.05) is 12.1 Å². The Bertz CT molecular complexity index is 509. The zero-order valence-electron chi connectivity index (χ0n) is 8.54. The fraction of sp³-hybridized carbons (Fsp3) is 0.250. The second-order valence-corrected chi connectivity index (χ2v) is 4.45. The lowest BCUT2D eigenvalue weighted by atomic mass is 10.3. The van der Waals surface area contributed by atoms with Crippen molar-refractivity contribution in [2.75, 3.05) is 13.4 Å². The Hall–Kier alpha value is -1.83. The lowest BCUT2D eigenvalue weighted by Crippen LogP contribution is -2.07. The van der Waals surface area contributed by atoms with E-state index in [4.69, 9.17) is 4.74 Å². The first-order chi connectivity index (χ1) is 7.33. The summed E-state index contributed by atoms with van der Waals surface area (Å²) < 4.78 is 31.1. The third-order valence-electron chi connectivity index (χ3n) is 1.60. The van der Waals surface area contributed by atoms with Crippen molar-refractivity contribution in [1.82, 2.24) is 0 Å². The summed E-state index contributed by atoms with van der Waals surface area (Å²) in [6, 6.07) is 3.59. The molecule has 0 fully saturated rings. The molecule has 0 saturated heterocycles. The molecule has 0 unspecified atom stereocenters. The van der Waals surface area contributed by atoms with E-state index in [9.17, 15) is 18.5 Å². The molecule has 0 spiro atoms. The van der Waals surface area contributed by atoms with Crippen molar-refractivity contribution in [3.05, 3.63) is 28.3 Å². The highest BCUT2D eigenvalue weighted by molar-refractivity contribution is 7.86. The quantitative estimate of drug-likeness (QED) is 0.446. The van der Waals surface area contributed by atoms with Gasteiger partial charge in [0.15, 0.2) is 0 Å². The summed E-state index contributed by atoms with van der Waals surface area (Å²) in [5.41, 5.74) is -0.439. The minimum Gasteiger partial charge on any atom is -0.497 e. The van der Waals surface area contributed by atoms with Crippen LogP contribution in [0.1, 0.15) is 0 Å². The summed E-state index contributed by atoms with van der Waals surface area (Å²) in [6.45, 7) is 0. The molecular weight excluding hydrogens is 238 g/mol. The first-order valence-electron chi connectivity index (χ1n) is 4.05. The van der Waals surface area contributed by atoms with Crippen molar-refractivity contribution in [3.8, 4) is 11.5 Å². The van der Waals surface area contributed by atoms with Crippen molar-refractivity contribution >= 4 is 15.8 Å². The van der Waals surface area contributed by atoms with Crippen LogP contribution in [0, 0.1) is 10.1 Å². The normalized spacial score (nSPS) is 10.9. The largest absolute Gasteiger partial charge is 0.497 e. The Morgan fingerprint density at radius 2 is 2.00 bits per heavy atom. The fourth-order valence-corrected chi connectivity index (χ4v) is 1.46. The molecule has 1 aromatic carbocycles. The Morgan fingerprint density at radius 1 is 1.38 bits per heavy atom. The van der Waals surface area contributed by atoms with E-state index in [0.717, 1.165) is 18.4 Å². The maximum atomic E-state index is 10.9. The average Bonchev–Trinajstić information content (AvgIpc) is 2.14. The monoisotopic (exact) mass is 247 g/mol. The van der Waals surface area contributed by atoms with E-state index in [1.54, 1.807) is 0 Å². The van der Waals surface area contributed by atoms with E-state index in [0.29, 0.717) is 0 Å². The van der Waals surface area contributed by atoms with Crippen LogP contribution in [0.15, 0.2) is 18.2 Å². The summed E-state index contributed by atoms with van der Waals surface area (Å²) in [4.78, 5) is 9.86. The molecule has 0 aliphatic heterocycles. The molecule has 0 bridgehead atoms. The van der Waals surface area contributed by atoms with Crippen LogP contribution in [-0.2, 0) is 10.1 Å². The van der Waals surface area contributed by atoms with E-state index < -0.39 is 20.7 Å². The lowest BCUT2D eigenvalue weighted by molar-refractivity contribution is -0.385. The fourth-order valence-electron chi connectivity index (χ4n) is 1.00. The van der Waals surface area contributed by atoms with Crippen LogP contribution in [0.3, 0.4) is 0 Å². The van der Waals surface area contributed by atoms with Crippen LogP contribution in [0.4, 0.5) is 5.69 Å².